The monoisotopic (exact) mass is 332 g/mol. The zero-order chi connectivity index (χ0) is 17.0. The van der Waals surface area contributed by atoms with Crippen LogP contribution in [0.5, 0.6) is 0 Å². The van der Waals surface area contributed by atoms with Gasteiger partial charge in [-0.1, -0.05) is 25.8 Å². The molecule has 0 bridgehead atoms. The van der Waals surface area contributed by atoms with Crippen molar-refractivity contribution in [1.82, 2.24) is 10.6 Å². The number of aliphatic carboxylic acids is 2. The number of carboxylic acid groups (broad SMARTS) is 2. The summed E-state index contributed by atoms with van der Waals surface area (Å²) < 4.78 is 0. The van der Waals surface area contributed by atoms with E-state index in [1.807, 2.05) is 6.08 Å². The third-order valence-corrected chi connectivity index (χ3v) is 3.28. The Morgan fingerprint density at radius 1 is 1.18 bits per heavy atom. The Morgan fingerprint density at radius 3 is 2.32 bits per heavy atom. The van der Waals surface area contributed by atoms with Gasteiger partial charge in [-0.3, -0.25) is 4.79 Å². The van der Waals surface area contributed by atoms with Gasteiger partial charge in [0.1, 0.15) is 12.1 Å². The van der Waals surface area contributed by atoms with Gasteiger partial charge >= 0.3 is 11.9 Å². The van der Waals surface area contributed by atoms with Crippen LogP contribution in [-0.2, 0) is 14.4 Å². The molecule has 0 heterocycles. The van der Waals surface area contributed by atoms with Gasteiger partial charge in [0.15, 0.2) is 0 Å². The summed E-state index contributed by atoms with van der Waals surface area (Å²) in [6.07, 6.45) is 6.36. The molecule has 0 rings (SSSR count). The molecule has 4 N–H and O–H groups in total. The highest BCUT2D eigenvalue weighted by atomic mass is 32.1. The largest absolute Gasteiger partial charge is 0.480 e. The molecule has 0 spiro atoms. The zero-order valence-corrected chi connectivity index (χ0v) is 13.5. The Balaban J connectivity index is 4.24. The SMILES string of the molecule is CCCCC=CN[C@@H](CCC(=O)N[C@@H](CS)C(=O)O)C(=O)O. The average Bonchev–Trinajstić information content (AvgIpc) is 2.46. The summed E-state index contributed by atoms with van der Waals surface area (Å²) in [5.41, 5.74) is 0. The first-order valence-corrected chi connectivity index (χ1v) is 7.82. The fourth-order valence-electron chi connectivity index (χ4n) is 1.60. The molecule has 0 aliphatic carbocycles. The molecule has 0 fully saturated rings. The lowest BCUT2D eigenvalue weighted by atomic mass is 10.1. The molecule has 0 saturated carbocycles. The molecule has 8 heteroatoms. The maximum absolute atomic E-state index is 11.6. The average molecular weight is 332 g/mol. The van der Waals surface area contributed by atoms with Crippen LogP contribution in [-0.4, -0.2) is 45.9 Å². The number of carboxylic acids is 2. The van der Waals surface area contributed by atoms with Crippen LogP contribution in [0.4, 0.5) is 0 Å². The first-order chi connectivity index (χ1) is 10.4. The maximum atomic E-state index is 11.6. The number of carbonyl (C=O) groups excluding carboxylic acids is 1. The summed E-state index contributed by atoms with van der Waals surface area (Å²) in [6.45, 7) is 2.06. The highest BCUT2D eigenvalue weighted by Gasteiger charge is 2.21. The Labute approximate surface area is 135 Å². The minimum Gasteiger partial charge on any atom is -0.480 e. The Hall–Kier alpha value is -1.70. The summed E-state index contributed by atoms with van der Waals surface area (Å²) >= 11 is 3.83. The standard InChI is InChI=1S/C14H24N2O5S/c1-2-3-4-5-8-15-10(13(18)19)6-7-12(17)16-11(9-22)14(20)21/h5,8,10-11,15,22H,2-4,6-7,9H2,1H3,(H,16,17)(H,18,19)(H,20,21)/t10-,11-/m0/s1. The number of rotatable bonds is 12. The third kappa shape index (κ3) is 9.28. The van der Waals surface area contributed by atoms with Crippen molar-refractivity contribution in [2.75, 3.05) is 5.75 Å². The molecule has 7 nitrogen and oxygen atoms in total. The zero-order valence-electron chi connectivity index (χ0n) is 12.6. The fraction of sp³-hybridized carbons (Fsp3) is 0.643. The summed E-state index contributed by atoms with van der Waals surface area (Å²) in [5.74, 6) is -2.77. The molecule has 1 amide bonds. The fourth-order valence-corrected chi connectivity index (χ4v) is 1.84. The third-order valence-electron chi connectivity index (χ3n) is 2.91. The molecular weight excluding hydrogens is 308 g/mol. The first-order valence-electron chi connectivity index (χ1n) is 7.19. The van der Waals surface area contributed by atoms with E-state index in [-0.39, 0.29) is 18.6 Å². The van der Waals surface area contributed by atoms with E-state index in [0.29, 0.717) is 0 Å². The van der Waals surface area contributed by atoms with Crippen molar-refractivity contribution in [2.45, 2.75) is 51.1 Å². The topological polar surface area (TPSA) is 116 Å². The van der Waals surface area contributed by atoms with Crippen molar-refractivity contribution in [3.8, 4) is 0 Å². The number of amides is 1. The van der Waals surface area contributed by atoms with Crippen molar-refractivity contribution in [3.05, 3.63) is 12.3 Å². The summed E-state index contributed by atoms with van der Waals surface area (Å²) in [6, 6.07) is -1.95. The van der Waals surface area contributed by atoms with E-state index >= 15 is 0 Å². The van der Waals surface area contributed by atoms with Crippen molar-refractivity contribution >= 4 is 30.5 Å². The first kappa shape index (κ1) is 20.3. The van der Waals surface area contributed by atoms with Crippen LogP contribution in [0.2, 0.25) is 0 Å². The molecule has 0 aliphatic heterocycles. The van der Waals surface area contributed by atoms with Gasteiger partial charge in [-0.2, -0.15) is 12.6 Å². The highest BCUT2D eigenvalue weighted by molar-refractivity contribution is 7.80. The maximum Gasteiger partial charge on any atom is 0.327 e. The van der Waals surface area contributed by atoms with Gasteiger partial charge in [-0.25, -0.2) is 9.59 Å². The van der Waals surface area contributed by atoms with E-state index in [4.69, 9.17) is 10.2 Å². The number of hydrogen-bond acceptors (Lipinski definition) is 5. The van der Waals surface area contributed by atoms with Crippen molar-refractivity contribution in [2.24, 2.45) is 0 Å². The van der Waals surface area contributed by atoms with E-state index in [9.17, 15) is 14.4 Å². The normalized spacial score (nSPS) is 13.5. The molecular formula is C14H24N2O5S. The molecule has 0 aromatic rings. The van der Waals surface area contributed by atoms with Crippen LogP contribution in [0.3, 0.4) is 0 Å². The quantitative estimate of drug-likeness (QED) is 0.269. The Morgan fingerprint density at radius 2 is 1.82 bits per heavy atom. The lowest BCUT2D eigenvalue weighted by Gasteiger charge is -2.14. The van der Waals surface area contributed by atoms with Gasteiger partial charge in [0.2, 0.25) is 5.91 Å². The van der Waals surface area contributed by atoms with Gasteiger partial charge < -0.3 is 20.8 Å². The molecule has 126 valence electrons. The second kappa shape index (κ2) is 11.9. The molecule has 2 atom stereocenters. The van der Waals surface area contributed by atoms with Crippen LogP contribution in [0.15, 0.2) is 12.3 Å². The van der Waals surface area contributed by atoms with Crippen molar-refractivity contribution < 1.29 is 24.6 Å². The number of allylic oxidation sites excluding steroid dienone is 1. The molecule has 0 unspecified atom stereocenters. The van der Waals surface area contributed by atoms with Crippen LogP contribution >= 0.6 is 12.6 Å². The van der Waals surface area contributed by atoms with Gasteiger partial charge in [-0.05, 0) is 19.0 Å². The van der Waals surface area contributed by atoms with E-state index in [1.165, 1.54) is 0 Å². The van der Waals surface area contributed by atoms with Gasteiger partial charge in [-0.15, -0.1) is 0 Å². The highest BCUT2D eigenvalue weighted by Crippen LogP contribution is 2.01. The molecule has 22 heavy (non-hydrogen) atoms. The van der Waals surface area contributed by atoms with Gasteiger partial charge in [0, 0.05) is 12.2 Å². The van der Waals surface area contributed by atoms with E-state index in [2.05, 4.69) is 30.2 Å². The molecule has 0 aliphatic rings. The lowest BCUT2D eigenvalue weighted by Crippen LogP contribution is -2.43. The minimum absolute atomic E-state index is 0.0259. The van der Waals surface area contributed by atoms with Crippen LogP contribution in [0, 0.1) is 0 Å². The van der Waals surface area contributed by atoms with Crippen LogP contribution < -0.4 is 10.6 Å². The van der Waals surface area contributed by atoms with Crippen LogP contribution in [0.25, 0.3) is 0 Å². The van der Waals surface area contributed by atoms with Crippen molar-refractivity contribution in [3.63, 3.8) is 0 Å². The number of carbonyl (C=O) groups is 3. The predicted molar refractivity (Wildman–Crippen MR) is 85.9 cm³/mol. The second-order valence-electron chi connectivity index (χ2n) is 4.78. The minimum atomic E-state index is -1.17. The summed E-state index contributed by atoms with van der Waals surface area (Å²) in [5, 5.41) is 22.9. The van der Waals surface area contributed by atoms with Crippen LogP contribution in [0.1, 0.15) is 39.0 Å². The van der Waals surface area contributed by atoms with Gasteiger partial charge in [0.25, 0.3) is 0 Å². The summed E-state index contributed by atoms with van der Waals surface area (Å²) in [7, 11) is 0. The molecule has 0 aromatic heterocycles. The number of hydrogen-bond donors (Lipinski definition) is 5. The number of thiol groups is 1. The van der Waals surface area contributed by atoms with Crippen molar-refractivity contribution in [1.29, 1.82) is 0 Å². The second-order valence-corrected chi connectivity index (χ2v) is 5.15. The van der Waals surface area contributed by atoms with Gasteiger partial charge in [0.05, 0.1) is 0 Å². The van der Waals surface area contributed by atoms with E-state index < -0.39 is 29.9 Å². The van der Waals surface area contributed by atoms with E-state index in [0.717, 1.165) is 19.3 Å². The Kier molecular flexibility index (Phi) is 11.0. The number of unbranched alkanes of at least 4 members (excludes halogenated alkanes) is 2. The summed E-state index contributed by atoms with van der Waals surface area (Å²) in [4.78, 5) is 33.5. The smallest absolute Gasteiger partial charge is 0.327 e. The molecule has 0 saturated heterocycles. The Bertz CT molecular complexity index is 401. The van der Waals surface area contributed by atoms with E-state index in [1.54, 1.807) is 6.20 Å². The molecule has 0 aromatic carbocycles. The lowest BCUT2D eigenvalue weighted by molar-refractivity contribution is -0.142. The number of nitrogens with one attached hydrogen (secondary N) is 2. The predicted octanol–water partition coefficient (Wildman–Crippen LogP) is 1.01. The molecule has 0 radical (unpaired) electrons.